The Bertz CT molecular complexity index is 1360. The van der Waals surface area contributed by atoms with E-state index in [0.29, 0.717) is 25.7 Å². The minimum Gasteiger partial charge on any atom is -0.489 e. The molecule has 0 atom stereocenters. The van der Waals surface area contributed by atoms with E-state index in [9.17, 15) is 39.6 Å². The van der Waals surface area contributed by atoms with Gasteiger partial charge in [-0.15, -0.1) is 0 Å². The SMILES string of the molecule is CC1(C)CC(Oc2cccc(C(=O)O)c2C(=O)O)CC(C)(C)N1.CC1(C)CC(Oc2cccc(C(=O)O)c2C(=O)O)CC(C)(C)N1.[Mn]. The molecule has 4 rings (SSSR count). The van der Waals surface area contributed by atoms with Crippen LogP contribution in [0.15, 0.2) is 36.4 Å². The minimum absolute atomic E-state index is 0. The summed E-state index contributed by atoms with van der Waals surface area (Å²) in [4.78, 5) is 45.5. The number of piperidine rings is 2. The topological polar surface area (TPSA) is 192 Å². The molecule has 2 aromatic carbocycles. The van der Waals surface area contributed by atoms with Crippen LogP contribution in [0.2, 0.25) is 0 Å². The van der Waals surface area contributed by atoms with E-state index in [2.05, 4.69) is 66.0 Å². The Morgan fingerprint density at radius 2 is 0.830 bits per heavy atom. The van der Waals surface area contributed by atoms with Crippen molar-refractivity contribution in [3.8, 4) is 11.5 Å². The van der Waals surface area contributed by atoms with Crippen LogP contribution in [0.1, 0.15) is 123 Å². The first-order valence-electron chi connectivity index (χ1n) is 15.1. The minimum atomic E-state index is -1.30. The van der Waals surface area contributed by atoms with Crippen LogP contribution in [-0.4, -0.2) is 78.7 Å². The molecule has 2 aliphatic rings. The molecule has 0 amide bonds. The van der Waals surface area contributed by atoms with Gasteiger partial charge in [0.1, 0.15) is 34.8 Å². The number of hydrogen-bond donors (Lipinski definition) is 6. The summed E-state index contributed by atoms with van der Waals surface area (Å²) in [6.07, 6.45) is 2.42. The van der Waals surface area contributed by atoms with Gasteiger partial charge in [0.15, 0.2) is 0 Å². The Morgan fingerprint density at radius 1 is 0.553 bits per heavy atom. The van der Waals surface area contributed by atoms with E-state index < -0.39 is 23.9 Å². The molecule has 0 spiro atoms. The van der Waals surface area contributed by atoms with Gasteiger partial charge in [0.25, 0.3) is 0 Å². The molecule has 13 heteroatoms. The van der Waals surface area contributed by atoms with Gasteiger partial charge in [-0.3, -0.25) is 0 Å². The number of carboxylic acid groups (broad SMARTS) is 4. The molecule has 1 radical (unpaired) electrons. The molecular weight excluding hydrogens is 651 g/mol. The average Bonchev–Trinajstić information content (AvgIpc) is 2.84. The first kappa shape index (κ1) is 39.5. The number of nitrogens with one attached hydrogen (secondary N) is 2. The Balaban J connectivity index is 0.000000320. The molecule has 0 saturated carbocycles. The van der Waals surface area contributed by atoms with Crippen LogP contribution in [0.25, 0.3) is 0 Å². The van der Waals surface area contributed by atoms with E-state index in [1.165, 1.54) is 36.4 Å². The summed E-state index contributed by atoms with van der Waals surface area (Å²) in [6.45, 7) is 16.5. The van der Waals surface area contributed by atoms with Crippen molar-refractivity contribution in [3.05, 3.63) is 58.7 Å². The van der Waals surface area contributed by atoms with Gasteiger partial charge in [-0.1, -0.05) is 12.1 Å². The van der Waals surface area contributed by atoms with Crippen LogP contribution in [0, 0.1) is 0 Å². The second-order valence-corrected chi connectivity index (χ2v) is 14.7. The summed E-state index contributed by atoms with van der Waals surface area (Å²) >= 11 is 0. The van der Waals surface area contributed by atoms with Crippen LogP contribution < -0.4 is 20.1 Å². The second kappa shape index (κ2) is 14.6. The van der Waals surface area contributed by atoms with E-state index in [4.69, 9.17) is 9.47 Å². The standard InChI is InChI=1S/2C17H23NO5.Mn/c2*1-16(2)8-10(9-17(3,4)18-16)23-12-7-5-6-11(14(19)20)13(12)15(21)22;/h2*5-7,10,18H,8-9H2,1-4H3,(H,19,20)(H,21,22);. The zero-order valence-corrected chi connectivity index (χ0v) is 29.2. The van der Waals surface area contributed by atoms with E-state index >= 15 is 0 Å². The number of aromatic carboxylic acids is 4. The molecule has 259 valence electrons. The largest absolute Gasteiger partial charge is 0.489 e. The molecule has 2 aromatic rings. The predicted molar refractivity (Wildman–Crippen MR) is 171 cm³/mol. The first-order valence-corrected chi connectivity index (χ1v) is 15.1. The maximum Gasteiger partial charge on any atom is 0.340 e. The first-order chi connectivity index (χ1) is 21.0. The molecule has 0 unspecified atom stereocenters. The van der Waals surface area contributed by atoms with Crippen LogP contribution in [0.3, 0.4) is 0 Å². The maximum atomic E-state index is 11.5. The molecule has 47 heavy (non-hydrogen) atoms. The second-order valence-electron chi connectivity index (χ2n) is 14.7. The fraction of sp³-hybridized carbons (Fsp3) is 0.529. The molecule has 12 nitrogen and oxygen atoms in total. The van der Waals surface area contributed by atoms with E-state index in [0.717, 1.165) is 0 Å². The van der Waals surface area contributed by atoms with E-state index in [-0.39, 0.29) is 85.2 Å². The molecule has 6 N–H and O–H groups in total. The number of carboxylic acids is 4. The summed E-state index contributed by atoms with van der Waals surface area (Å²) in [7, 11) is 0. The predicted octanol–water partition coefficient (Wildman–Crippen LogP) is 5.54. The maximum absolute atomic E-state index is 11.5. The van der Waals surface area contributed by atoms with Crippen molar-refractivity contribution >= 4 is 23.9 Å². The van der Waals surface area contributed by atoms with Crippen molar-refractivity contribution in [1.29, 1.82) is 0 Å². The van der Waals surface area contributed by atoms with Crippen LogP contribution in [-0.2, 0) is 17.1 Å². The van der Waals surface area contributed by atoms with Gasteiger partial charge in [0.2, 0.25) is 0 Å². The number of hydrogen-bond acceptors (Lipinski definition) is 8. The van der Waals surface area contributed by atoms with Crippen molar-refractivity contribution in [2.45, 2.75) is 115 Å². The van der Waals surface area contributed by atoms with Crippen LogP contribution in [0.4, 0.5) is 0 Å². The molecule has 0 aliphatic carbocycles. The summed E-state index contributed by atoms with van der Waals surface area (Å²) in [5.41, 5.74) is -1.73. The molecule has 0 bridgehead atoms. The molecule has 2 fully saturated rings. The Kier molecular flexibility index (Phi) is 12.3. The molecular formula is C34H46MnN2O10. The molecule has 2 heterocycles. The normalized spacial score (nSPS) is 19.6. The fourth-order valence-corrected chi connectivity index (χ4v) is 7.04. The van der Waals surface area contributed by atoms with Gasteiger partial charge in [-0.05, 0) is 79.7 Å². The van der Waals surface area contributed by atoms with E-state index in [1.54, 1.807) is 0 Å². The smallest absolute Gasteiger partial charge is 0.340 e. The zero-order chi connectivity index (χ0) is 34.8. The van der Waals surface area contributed by atoms with Gasteiger partial charge < -0.3 is 40.5 Å². The van der Waals surface area contributed by atoms with Crippen LogP contribution >= 0.6 is 0 Å². The third-order valence-electron chi connectivity index (χ3n) is 7.83. The summed E-state index contributed by atoms with van der Waals surface area (Å²) < 4.78 is 11.9. The summed E-state index contributed by atoms with van der Waals surface area (Å²) in [5.74, 6) is -4.94. The number of rotatable bonds is 8. The Labute approximate surface area is 285 Å². The molecule has 0 aromatic heterocycles. The zero-order valence-electron chi connectivity index (χ0n) is 28.1. The quantitative estimate of drug-likeness (QED) is 0.189. The Hall–Kier alpha value is -3.64. The number of carbonyl (C=O) groups is 4. The molecule has 2 aliphatic heterocycles. The average molecular weight is 698 g/mol. The monoisotopic (exact) mass is 697 g/mol. The van der Waals surface area contributed by atoms with Gasteiger partial charge in [-0.25, -0.2) is 19.2 Å². The van der Waals surface area contributed by atoms with Crippen LogP contribution in [0.5, 0.6) is 11.5 Å². The van der Waals surface area contributed by atoms with Crippen molar-refractivity contribution in [1.82, 2.24) is 10.6 Å². The van der Waals surface area contributed by atoms with Gasteiger partial charge >= 0.3 is 23.9 Å². The molecule has 2 saturated heterocycles. The number of ether oxygens (including phenoxy) is 2. The van der Waals surface area contributed by atoms with E-state index in [1.807, 2.05) is 0 Å². The van der Waals surface area contributed by atoms with Crippen molar-refractivity contribution in [3.63, 3.8) is 0 Å². The Morgan fingerprint density at radius 3 is 1.06 bits per heavy atom. The van der Waals surface area contributed by atoms with Gasteiger partial charge in [0.05, 0.1) is 11.1 Å². The third kappa shape index (κ3) is 10.7. The van der Waals surface area contributed by atoms with Crippen molar-refractivity contribution in [2.24, 2.45) is 0 Å². The van der Waals surface area contributed by atoms with Gasteiger partial charge in [0, 0.05) is 64.9 Å². The van der Waals surface area contributed by atoms with Crippen molar-refractivity contribution < 1.29 is 66.1 Å². The van der Waals surface area contributed by atoms with Gasteiger partial charge in [-0.2, -0.15) is 0 Å². The number of benzene rings is 2. The fourth-order valence-electron chi connectivity index (χ4n) is 7.04. The van der Waals surface area contributed by atoms with Crippen molar-refractivity contribution in [2.75, 3.05) is 0 Å². The third-order valence-corrected chi connectivity index (χ3v) is 7.83. The summed E-state index contributed by atoms with van der Waals surface area (Å²) in [5, 5.41) is 44.2. The summed E-state index contributed by atoms with van der Waals surface area (Å²) in [6, 6.07) is 8.57.